The van der Waals surface area contributed by atoms with Crippen LogP contribution in [0.1, 0.15) is 48.0 Å². The third kappa shape index (κ3) is 4.95. The molecule has 5 nitrogen and oxygen atoms in total. The zero-order valence-corrected chi connectivity index (χ0v) is 16.8. The standard InChI is InChI=1S/C21H27N3O2S/c1-3-11-22-18(25)14-16-9-12-24(13-10-16)21(26)19-15(2)23-20(27-19)17-7-5-4-6-8-17/h4-8,16H,3,9-14H2,1-2H3,(H,22,25). The maximum absolute atomic E-state index is 13.0. The van der Waals surface area contributed by atoms with Crippen molar-refractivity contribution in [3.63, 3.8) is 0 Å². The summed E-state index contributed by atoms with van der Waals surface area (Å²) in [5.74, 6) is 0.571. The van der Waals surface area contributed by atoms with Crippen LogP contribution >= 0.6 is 11.3 Å². The van der Waals surface area contributed by atoms with E-state index in [0.717, 1.165) is 46.9 Å². The second kappa shape index (κ2) is 9.13. The molecule has 1 aromatic carbocycles. The molecule has 1 aliphatic rings. The molecule has 27 heavy (non-hydrogen) atoms. The van der Waals surface area contributed by atoms with Gasteiger partial charge in [-0.05, 0) is 32.1 Å². The minimum absolute atomic E-state index is 0.0704. The molecule has 1 N–H and O–H groups in total. The Morgan fingerprint density at radius 2 is 1.93 bits per heavy atom. The first-order chi connectivity index (χ1) is 13.1. The highest BCUT2D eigenvalue weighted by molar-refractivity contribution is 7.17. The number of likely N-dealkylation sites (tertiary alicyclic amines) is 1. The maximum Gasteiger partial charge on any atom is 0.265 e. The summed E-state index contributed by atoms with van der Waals surface area (Å²) in [6, 6.07) is 9.97. The summed E-state index contributed by atoms with van der Waals surface area (Å²) in [6.07, 6.45) is 3.29. The van der Waals surface area contributed by atoms with Crippen molar-refractivity contribution in [2.75, 3.05) is 19.6 Å². The van der Waals surface area contributed by atoms with Gasteiger partial charge < -0.3 is 10.2 Å². The molecule has 3 rings (SSSR count). The lowest BCUT2D eigenvalue weighted by Gasteiger charge is -2.31. The molecule has 0 aliphatic carbocycles. The van der Waals surface area contributed by atoms with Crippen LogP contribution in [0.15, 0.2) is 30.3 Å². The lowest BCUT2D eigenvalue weighted by Crippen LogP contribution is -2.39. The summed E-state index contributed by atoms with van der Waals surface area (Å²) in [7, 11) is 0. The van der Waals surface area contributed by atoms with Crippen LogP contribution in [0.4, 0.5) is 0 Å². The predicted molar refractivity (Wildman–Crippen MR) is 109 cm³/mol. The molecule has 1 saturated heterocycles. The van der Waals surface area contributed by atoms with Gasteiger partial charge in [-0.3, -0.25) is 9.59 Å². The molecule has 2 amide bonds. The van der Waals surface area contributed by atoms with Gasteiger partial charge in [0.05, 0.1) is 5.69 Å². The fourth-order valence-electron chi connectivity index (χ4n) is 3.38. The number of amides is 2. The Labute approximate surface area is 164 Å². The van der Waals surface area contributed by atoms with Crippen molar-refractivity contribution in [2.45, 2.75) is 39.5 Å². The van der Waals surface area contributed by atoms with Crippen molar-refractivity contribution >= 4 is 23.2 Å². The average molecular weight is 386 g/mol. The molecule has 1 aromatic heterocycles. The zero-order valence-electron chi connectivity index (χ0n) is 16.0. The Morgan fingerprint density at radius 3 is 2.59 bits per heavy atom. The number of aryl methyl sites for hydroxylation is 1. The summed E-state index contributed by atoms with van der Waals surface area (Å²) in [6.45, 7) is 6.12. The molecule has 1 fully saturated rings. The molecular formula is C21H27N3O2S. The van der Waals surface area contributed by atoms with Gasteiger partial charge in [-0.15, -0.1) is 11.3 Å². The molecule has 0 bridgehead atoms. The lowest BCUT2D eigenvalue weighted by atomic mass is 9.93. The number of nitrogens with zero attached hydrogens (tertiary/aromatic N) is 2. The minimum Gasteiger partial charge on any atom is -0.356 e. The molecule has 1 aliphatic heterocycles. The molecular weight excluding hydrogens is 358 g/mol. The number of nitrogens with one attached hydrogen (secondary N) is 1. The third-order valence-corrected chi connectivity index (χ3v) is 6.15. The Kier molecular flexibility index (Phi) is 6.61. The van der Waals surface area contributed by atoms with Crippen molar-refractivity contribution in [3.8, 4) is 10.6 Å². The van der Waals surface area contributed by atoms with E-state index >= 15 is 0 Å². The molecule has 0 saturated carbocycles. The summed E-state index contributed by atoms with van der Waals surface area (Å²) in [5, 5.41) is 3.83. The predicted octanol–water partition coefficient (Wildman–Crippen LogP) is 3.89. The van der Waals surface area contributed by atoms with Gasteiger partial charge in [-0.25, -0.2) is 4.98 Å². The normalized spacial score (nSPS) is 15.0. The summed E-state index contributed by atoms with van der Waals surface area (Å²) < 4.78 is 0. The van der Waals surface area contributed by atoms with E-state index in [9.17, 15) is 9.59 Å². The van der Waals surface area contributed by atoms with Gasteiger partial charge in [0.1, 0.15) is 9.88 Å². The Bertz CT molecular complexity index is 780. The first-order valence-electron chi connectivity index (χ1n) is 9.67. The van der Waals surface area contributed by atoms with E-state index in [1.54, 1.807) is 0 Å². The smallest absolute Gasteiger partial charge is 0.265 e. The second-order valence-electron chi connectivity index (χ2n) is 7.09. The van der Waals surface area contributed by atoms with E-state index in [4.69, 9.17) is 0 Å². The Balaban J connectivity index is 1.58. The molecule has 0 unspecified atom stereocenters. The van der Waals surface area contributed by atoms with E-state index < -0.39 is 0 Å². The number of carbonyl (C=O) groups excluding carboxylic acids is 2. The molecule has 0 spiro atoms. The van der Waals surface area contributed by atoms with E-state index in [2.05, 4.69) is 17.2 Å². The van der Waals surface area contributed by atoms with Gasteiger partial charge in [-0.2, -0.15) is 0 Å². The van der Waals surface area contributed by atoms with Gasteiger partial charge in [0.25, 0.3) is 5.91 Å². The van der Waals surface area contributed by atoms with Gasteiger partial charge in [0.2, 0.25) is 5.91 Å². The van der Waals surface area contributed by atoms with Gasteiger partial charge in [0.15, 0.2) is 0 Å². The van der Waals surface area contributed by atoms with Crippen molar-refractivity contribution in [1.29, 1.82) is 0 Å². The summed E-state index contributed by atoms with van der Waals surface area (Å²) >= 11 is 1.47. The van der Waals surface area contributed by atoms with Crippen LogP contribution in [0, 0.1) is 12.8 Å². The first-order valence-corrected chi connectivity index (χ1v) is 10.5. The van der Waals surface area contributed by atoms with Crippen molar-refractivity contribution in [3.05, 3.63) is 40.9 Å². The van der Waals surface area contributed by atoms with Crippen LogP contribution in [0.25, 0.3) is 10.6 Å². The number of thiazole rings is 1. The molecule has 2 aromatic rings. The van der Waals surface area contributed by atoms with Crippen LogP contribution in [0.2, 0.25) is 0 Å². The molecule has 0 radical (unpaired) electrons. The van der Waals surface area contributed by atoms with Crippen LogP contribution in [-0.2, 0) is 4.79 Å². The number of piperidine rings is 1. The summed E-state index contributed by atoms with van der Waals surface area (Å²) in [4.78, 5) is 32.1. The quantitative estimate of drug-likeness (QED) is 0.821. The van der Waals surface area contributed by atoms with Crippen molar-refractivity contribution < 1.29 is 9.59 Å². The van der Waals surface area contributed by atoms with Crippen LogP contribution in [0.5, 0.6) is 0 Å². The van der Waals surface area contributed by atoms with Crippen LogP contribution in [-0.4, -0.2) is 41.3 Å². The van der Waals surface area contributed by atoms with E-state index in [1.165, 1.54) is 11.3 Å². The van der Waals surface area contributed by atoms with Crippen LogP contribution < -0.4 is 5.32 Å². The van der Waals surface area contributed by atoms with E-state index in [1.807, 2.05) is 42.2 Å². The number of aromatic nitrogens is 1. The number of benzene rings is 1. The number of carbonyl (C=O) groups is 2. The highest BCUT2D eigenvalue weighted by Crippen LogP contribution is 2.30. The SMILES string of the molecule is CCCNC(=O)CC1CCN(C(=O)c2sc(-c3ccccc3)nc2C)CC1. The first kappa shape index (κ1) is 19.5. The zero-order chi connectivity index (χ0) is 19.2. The Hall–Kier alpha value is -2.21. The second-order valence-corrected chi connectivity index (χ2v) is 8.09. The topological polar surface area (TPSA) is 62.3 Å². The number of hydrogen-bond donors (Lipinski definition) is 1. The highest BCUT2D eigenvalue weighted by atomic mass is 32.1. The largest absolute Gasteiger partial charge is 0.356 e. The molecule has 144 valence electrons. The maximum atomic E-state index is 13.0. The van der Waals surface area contributed by atoms with Gasteiger partial charge >= 0.3 is 0 Å². The molecule has 0 atom stereocenters. The van der Waals surface area contributed by atoms with E-state index in [-0.39, 0.29) is 11.8 Å². The monoisotopic (exact) mass is 385 g/mol. The molecule has 6 heteroatoms. The van der Waals surface area contributed by atoms with Crippen molar-refractivity contribution in [1.82, 2.24) is 15.2 Å². The van der Waals surface area contributed by atoms with E-state index in [0.29, 0.717) is 25.4 Å². The van der Waals surface area contributed by atoms with Gasteiger partial charge in [-0.1, -0.05) is 37.3 Å². The lowest BCUT2D eigenvalue weighted by molar-refractivity contribution is -0.122. The minimum atomic E-state index is 0.0704. The van der Waals surface area contributed by atoms with Crippen LogP contribution in [0.3, 0.4) is 0 Å². The number of rotatable bonds is 6. The fourth-order valence-corrected chi connectivity index (χ4v) is 4.42. The average Bonchev–Trinajstić information content (AvgIpc) is 3.09. The van der Waals surface area contributed by atoms with Crippen molar-refractivity contribution in [2.24, 2.45) is 5.92 Å². The summed E-state index contributed by atoms with van der Waals surface area (Å²) in [5.41, 5.74) is 1.84. The molecule has 2 heterocycles. The number of hydrogen-bond acceptors (Lipinski definition) is 4. The van der Waals surface area contributed by atoms with Gasteiger partial charge in [0, 0.05) is 31.6 Å². The Morgan fingerprint density at radius 1 is 1.22 bits per heavy atom. The third-order valence-electron chi connectivity index (χ3n) is 4.96. The highest BCUT2D eigenvalue weighted by Gasteiger charge is 2.27. The fraction of sp³-hybridized carbons (Fsp3) is 0.476.